The second kappa shape index (κ2) is 10.2. The zero-order chi connectivity index (χ0) is 35.0. The van der Waals surface area contributed by atoms with E-state index in [1.54, 1.807) is 0 Å². The molecule has 0 saturated heterocycles. The first-order valence-electron chi connectivity index (χ1n) is 18.6. The quantitative estimate of drug-likeness (QED) is 0.169. The van der Waals surface area contributed by atoms with Crippen LogP contribution in [0.2, 0.25) is 0 Å². The number of rotatable bonds is 4. The third-order valence-electron chi connectivity index (χ3n) is 12.2. The van der Waals surface area contributed by atoms with Gasteiger partial charge in [-0.3, -0.25) is 0 Å². The third-order valence-corrected chi connectivity index (χ3v) is 12.2. The van der Waals surface area contributed by atoms with Crippen molar-refractivity contribution in [3.05, 3.63) is 181 Å². The fraction of sp³-hybridized carbons (Fsp3) is 0.0588. The van der Waals surface area contributed by atoms with Gasteiger partial charge in [-0.15, -0.1) is 0 Å². The molecule has 2 nitrogen and oxygen atoms in total. The van der Waals surface area contributed by atoms with Gasteiger partial charge in [0.2, 0.25) is 0 Å². The molecule has 2 heteroatoms. The maximum absolute atomic E-state index is 2.50. The van der Waals surface area contributed by atoms with Crippen molar-refractivity contribution in [1.29, 1.82) is 0 Å². The molecule has 0 unspecified atom stereocenters. The summed E-state index contributed by atoms with van der Waals surface area (Å²) in [6.07, 6.45) is 0. The predicted molar refractivity (Wildman–Crippen MR) is 225 cm³/mol. The van der Waals surface area contributed by atoms with Gasteiger partial charge in [0.05, 0.1) is 11.0 Å². The van der Waals surface area contributed by atoms with Gasteiger partial charge < -0.3 is 9.47 Å². The topological polar surface area (TPSA) is 8.17 Å². The highest BCUT2D eigenvalue weighted by Gasteiger charge is 2.40. The molecule has 0 spiro atoms. The van der Waals surface area contributed by atoms with Crippen LogP contribution < -0.4 is 4.90 Å². The van der Waals surface area contributed by atoms with Crippen LogP contribution in [0.25, 0.3) is 82.1 Å². The van der Waals surface area contributed by atoms with Crippen molar-refractivity contribution in [3.8, 4) is 27.9 Å². The summed E-state index contributed by atoms with van der Waals surface area (Å²) in [6, 6.07) is 63.2. The van der Waals surface area contributed by atoms with Crippen molar-refractivity contribution in [2.75, 3.05) is 4.90 Å². The fourth-order valence-electron chi connectivity index (χ4n) is 9.90. The summed E-state index contributed by atoms with van der Waals surface area (Å²) in [6.45, 7) is 4.78. The Balaban J connectivity index is 1.12. The van der Waals surface area contributed by atoms with Crippen LogP contribution >= 0.6 is 0 Å². The Morgan fingerprint density at radius 1 is 0.415 bits per heavy atom. The summed E-state index contributed by atoms with van der Waals surface area (Å²) >= 11 is 0. The normalized spacial score (nSPS) is 13.6. The molecule has 248 valence electrons. The zero-order valence-corrected chi connectivity index (χ0v) is 29.6. The molecule has 12 rings (SSSR count). The number of benzene rings is 9. The zero-order valence-electron chi connectivity index (χ0n) is 29.6. The van der Waals surface area contributed by atoms with E-state index in [0.717, 1.165) is 22.7 Å². The van der Waals surface area contributed by atoms with Gasteiger partial charge >= 0.3 is 0 Å². The highest BCUT2D eigenvalue weighted by atomic mass is 15.1. The molecule has 0 radical (unpaired) electrons. The lowest BCUT2D eigenvalue weighted by molar-refractivity contribution is 0.661. The Morgan fingerprint density at radius 2 is 1.09 bits per heavy atom. The molecule has 2 aliphatic carbocycles. The maximum atomic E-state index is 2.50. The maximum Gasteiger partial charge on any atom is 0.0548 e. The van der Waals surface area contributed by atoms with Gasteiger partial charge in [0, 0.05) is 38.9 Å². The van der Waals surface area contributed by atoms with Gasteiger partial charge in [0.15, 0.2) is 0 Å². The summed E-state index contributed by atoms with van der Waals surface area (Å²) in [5.74, 6) is 0. The standard InChI is InChI=1S/C51H34N2/c1-51(2)42-19-9-17-40-41-18-10-20-44-48(41)50-45(28-24-32-23-27-43(51)49(46(32)50)47(40)42)53(44)36-15-8-14-35(30-36)52(34-12-4-3-5-13-34)37-25-26-39-33(29-37)22-21-31-11-6-7-16-38(31)39/h3-30H,1-2H3. The van der Waals surface area contributed by atoms with E-state index in [1.807, 2.05) is 0 Å². The van der Waals surface area contributed by atoms with E-state index in [1.165, 1.54) is 87.5 Å². The van der Waals surface area contributed by atoms with E-state index in [-0.39, 0.29) is 5.41 Å². The van der Waals surface area contributed by atoms with Crippen molar-refractivity contribution in [2.45, 2.75) is 19.3 Å². The van der Waals surface area contributed by atoms with Gasteiger partial charge in [-0.2, -0.15) is 0 Å². The van der Waals surface area contributed by atoms with Crippen molar-refractivity contribution >= 4 is 71.2 Å². The van der Waals surface area contributed by atoms with Gasteiger partial charge in [0.25, 0.3) is 0 Å². The first-order chi connectivity index (χ1) is 26.1. The molecule has 9 aromatic carbocycles. The average molecular weight is 675 g/mol. The van der Waals surface area contributed by atoms with Crippen LogP contribution in [0.4, 0.5) is 17.1 Å². The van der Waals surface area contributed by atoms with Crippen LogP contribution in [0.3, 0.4) is 0 Å². The van der Waals surface area contributed by atoms with Gasteiger partial charge in [-0.25, -0.2) is 0 Å². The average Bonchev–Trinajstić information content (AvgIpc) is 3.62. The molecule has 0 aliphatic heterocycles. The van der Waals surface area contributed by atoms with E-state index < -0.39 is 0 Å². The molecule has 53 heavy (non-hydrogen) atoms. The molecule has 0 N–H and O–H groups in total. The van der Waals surface area contributed by atoms with Crippen LogP contribution in [0.1, 0.15) is 25.0 Å². The van der Waals surface area contributed by atoms with Crippen LogP contribution in [-0.2, 0) is 5.41 Å². The van der Waals surface area contributed by atoms with E-state index in [2.05, 4.69) is 193 Å². The highest BCUT2D eigenvalue weighted by Crippen LogP contribution is 2.59. The molecule has 0 atom stereocenters. The van der Waals surface area contributed by atoms with E-state index in [4.69, 9.17) is 0 Å². The van der Waals surface area contributed by atoms with Crippen molar-refractivity contribution in [2.24, 2.45) is 0 Å². The van der Waals surface area contributed by atoms with Crippen molar-refractivity contribution in [1.82, 2.24) is 4.57 Å². The minimum absolute atomic E-state index is 0.0594. The summed E-state index contributed by atoms with van der Waals surface area (Å²) in [5, 5.41) is 10.4. The number of aromatic nitrogens is 1. The van der Waals surface area contributed by atoms with Crippen LogP contribution in [0.5, 0.6) is 0 Å². The minimum Gasteiger partial charge on any atom is -0.310 e. The lowest BCUT2D eigenvalue weighted by Gasteiger charge is -2.26. The molecule has 0 amide bonds. The lowest BCUT2D eigenvalue weighted by Crippen LogP contribution is -2.14. The minimum atomic E-state index is -0.0594. The molecule has 1 heterocycles. The molecular formula is C51H34N2. The monoisotopic (exact) mass is 674 g/mol. The van der Waals surface area contributed by atoms with Crippen LogP contribution in [0.15, 0.2) is 170 Å². The molecule has 2 aliphatic rings. The Labute approximate surface area is 307 Å². The largest absolute Gasteiger partial charge is 0.310 e. The Hall–Kier alpha value is -6.64. The Kier molecular flexibility index (Phi) is 5.60. The first-order valence-corrected chi connectivity index (χ1v) is 18.6. The molecular weight excluding hydrogens is 641 g/mol. The van der Waals surface area contributed by atoms with E-state index in [0.29, 0.717) is 0 Å². The summed E-state index contributed by atoms with van der Waals surface area (Å²) < 4.78 is 2.50. The predicted octanol–water partition coefficient (Wildman–Crippen LogP) is 14.0. The first kappa shape index (κ1) is 29.0. The summed E-state index contributed by atoms with van der Waals surface area (Å²) in [4.78, 5) is 2.39. The van der Waals surface area contributed by atoms with Gasteiger partial charge in [-0.1, -0.05) is 129 Å². The second-order valence-corrected chi connectivity index (χ2v) is 15.3. The molecule has 1 aromatic heterocycles. The number of hydrogen-bond acceptors (Lipinski definition) is 1. The van der Waals surface area contributed by atoms with Crippen molar-refractivity contribution in [3.63, 3.8) is 0 Å². The number of anilines is 3. The number of para-hydroxylation sites is 1. The van der Waals surface area contributed by atoms with Gasteiger partial charge in [0.1, 0.15) is 0 Å². The highest BCUT2D eigenvalue weighted by molar-refractivity contribution is 6.31. The molecule has 0 bridgehead atoms. The fourth-order valence-corrected chi connectivity index (χ4v) is 9.90. The number of fused-ring (bicyclic) bond motifs is 4. The van der Waals surface area contributed by atoms with Gasteiger partial charge in [-0.05, 0) is 120 Å². The Morgan fingerprint density at radius 3 is 2.02 bits per heavy atom. The van der Waals surface area contributed by atoms with E-state index in [9.17, 15) is 0 Å². The van der Waals surface area contributed by atoms with E-state index >= 15 is 0 Å². The Bertz CT molecular complexity index is 3200. The third kappa shape index (κ3) is 3.77. The summed E-state index contributed by atoms with van der Waals surface area (Å²) in [7, 11) is 0. The number of hydrogen-bond donors (Lipinski definition) is 0. The molecule has 10 aromatic rings. The van der Waals surface area contributed by atoms with Crippen molar-refractivity contribution < 1.29 is 0 Å². The molecule has 0 saturated carbocycles. The SMILES string of the molecule is CC1(C)c2cccc3c2-c2c1ccc1ccc4c(c21)c1c-3cccc1n4-c1cccc(N(c2ccccc2)c2ccc3c(ccc4ccccc43)c2)c1. The second-order valence-electron chi connectivity index (χ2n) is 15.3. The smallest absolute Gasteiger partial charge is 0.0548 e. The summed E-state index contributed by atoms with van der Waals surface area (Å²) in [5.41, 5.74) is 15.3. The lowest BCUT2D eigenvalue weighted by atomic mass is 9.81. The van der Waals surface area contributed by atoms with Crippen LogP contribution in [0, 0.1) is 0 Å². The molecule has 0 fully saturated rings. The van der Waals surface area contributed by atoms with Crippen LogP contribution in [-0.4, -0.2) is 4.57 Å². The number of nitrogens with zero attached hydrogens (tertiary/aromatic N) is 2.